The average molecular weight is 461 g/mol. The SMILES string of the molecule is COc1cc(CC2C(C)=C(CC(=O)NCc3ccccn3)c3cc(F)ccc32)cc(OC)c1C. The number of ether oxygens (including phenoxy) is 2. The molecule has 0 radical (unpaired) electrons. The summed E-state index contributed by atoms with van der Waals surface area (Å²) in [6, 6.07) is 14.5. The average Bonchev–Trinajstić information content (AvgIpc) is 3.09. The Morgan fingerprint density at radius 3 is 2.44 bits per heavy atom. The lowest BCUT2D eigenvalue weighted by Crippen LogP contribution is -2.23. The van der Waals surface area contributed by atoms with Crippen LogP contribution in [0.2, 0.25) is 0 Å². The van der Waals surface area contributed by atoms with Crippen LogP contribution in [0.5, 0.6) is 11.5 Å². The van der Waals surface area contributed by atoms with Gasteiger partial charge >= 0.3 is 0 Å². The van der Waals surface area contributed by atoms with Crippen LogP contribution in [0, 0.1) is 12.7 Å². The van der Waals surface area contributed by atoms with Gasteiger partial charge in [-0.2, -0.15) is 0 Å². The van der Waals surface area contributed by atoms with Crippen LogP contribution in [-0.4, -0.2) is 25.1 Å². The summed E-state index contributed by atoms with van der Waals surface area (Å²) >= 11 is 0. The number of halogens is 1. The highest BCUT2D eigenvalue weighted by atomic mass is 19.1. The van der Waals surface area contributed by atoms with Gasteiger partial charge in [-0.05, 0) is 78.9 Å². The molecule has 34 heavy (non-hydrogen) atoms. The lowest BCUT2D eigenvalue weighted by Gasteiger charge is -2.17. The third-order valence-corrected chi connectivity index (χ3v) is 6.50. The highest BCUT2D eigenvalue weighted by Crippen LogP contribution is 2.45. The number of hydrogen-bond donors (Lipinski definition) is 1. The molecular weight excluding hydrogens is 431 g/mol. The van der Waals surface area contributed by atoms with E-state index in [4.69, 9.17) is 9.47 Å². The second-order valence-electron chi connectivity index (χ2n) is 8.55. The molecule has 176 valence electrons. The van der Waals surface area contributed by atoms with Gasteiger partial charge in [0, 0.05) is 17.7 Å². The van der Waals surface area contributed by atoms with E-state index in [1.165, 1.54) is 12.1 Å². The van der Waals surface area contributed by atoms with E-state index in [1.807, 2.05) is 50.2 Å². The number of nitrogens with zero attached hydrogens (tertiary/aromatic N) is 1. The van der Waals surface area contributed by atoms with Gasteiger partial charge in [-0.25, -0.2) is 4.39 Å². The number of benzene rings is 2. The molecule has 4 rings (SSSR count). The van der Waals surface area contributed by atoms with Gasteiger partial charge in [0.2, 0.25) is 5.91 Å². The fourth-order valence-electron chi connectivity index (χ4n) is 4.66. The first-order chi connectivity index (χ1) is 16.4. The number of carbonyl (C=O) groups excluding carboxylic acids is 1. The largest absolute Gasteiger partial charge is 0.496 e. The van der Waals surface area contributed by atoms with Crippen molar-refractivity contribution >= 4 is 11.5 Å². The number of nitrogens with one attached hydrogen (secondary N) is 1. The van der Waals surface area contributed by atoms with Crippen LogP contribution < -0.4 is 14.8 Å². The Balaban J connectivity index is 1.61. The maximum Gasteiger partial charge on any atom is 0.224 e. The predicted octanol–water partition coefficient (Wildman–Crippen LogP) is 5.37. The first-order valence-corrected chi connectivity index (χ1v) is 11.3. The third-order valence-electron chi connectivity index (χ3n) is 6.50. The first kappa shape index (κ1) is 23.5. The fourth-order valence-corrected chi connectivity index (χ4v) is 4.66. The van der Waals surface area contributed by atoms with Crippen molar-refractivity contribution in [2.24, 2.45) is 0 Å². The van der Waals surface area contributed by atoms with Crippen molar-refractivity contribution in [2.75, 3.05) is 14.2 Å². The summed E-state index contributed by atoms with van der Waals surface area (Å²) < 4.78 is 25.3. The maximum absolute atomic E-state index is 14.2. The molecule has 1 amide bonds. The Bertz CT molecular complexity index is 1210. The van der Waals surface area contributed by atoms with Crippen molar-refractivity contribution in [1.29, 1.82) is 0 Å². The van der Waals surface area contributed by atoms with Crippen molar-refractivity contribution in [3.8, 4) is 11.5 Å². The monoisotopic (exact) mass is 460 g/mol. The highest BCUT2D eigenvalue weighted by molar-refractivity contribution is 5.92. The third kappa shape index (κ3) is 4.81. The number of fused-ring (bicyclic) bond motifs is 1. The summed E-state index contributed by atoms with van der Waals surface area (Å²) in [6.45, 7) is 4.35. The van der Waals surface area contributed by atoms with Gasteiger partial charge in [0.05, 0.1) is 32.9 Å². The van der Waals surface area contributed by atoms with Crippen LogP contribution in [0.25, 0.3) is 5.57 Å². The summed E-state index contributed by atoms with van der Waals surface area (Å²) in [7, 11) is 3.29. The Labute approximate surface area is 199 Å². The topological polar surface area (TPSA) is 60.5 Å². The Hall–Kier alpha value is -3.67. The van der Waals surface area contributed by atoms with Gasteiger partial charge in [0.25, 0.3) is 0 Å². The summed E-state index contributed by atoms with van der Waals surface area (Å²) in [4.78, 5) is 17.0. The molecule has 1 aromatic heterocycles. The molecule has 1 N–H and O–H groups in total. The molecule has 1 aliphatic rings. The van der Waals surface area contributed by atoms with Gasteiger partial charge < -0.3 is 14.8 Å². The number of methoxy groups -OCH3 is 2. The Kier molecular flexibility index (Phi) is 6.96. The second kappa shape index (κ2) is 10.1. The molecular formula is C28H29FN2O3. The normalized spacial score (nSPS) is 14.7. The number of carbonyl (C=O) groups is 1. The summed E-state index contributed by atoms with van der Waals surface area (Å²) in [5.41, 5.74) is 6.59. The number of amides is 1. The van der Waals surface area contributed by atoms with E-state index >= 15 is 0 Å². The van der Waals surface area contributed by atoms with E-state index in [-0.39, 0.29) is 24.1 Å². The van der Waals surface area contributed by atoms with E-state index in [1.54, 1.807) is 20.4 Å². The maximum atomic E-state index is 14.2. The molecule has 0 spiro atoms. The fraction of sp³-hybridized carbons (Fsp3) is 0.286. The summed E-state index contributed by atoms with van der Waals surface area (Å²) in [5.74, 6) is 1.14. The molecule has 0 saturated carbocycles. The Morgan fingerprint density at radius 1 is 1.06 bits per heavy atom. The minimum absolute atomic E-state index is 0.0336. The second-order valence-corrected chi connectivity index (χ2v) is 8.55. The number of rotatable bonds is 8. The van der Waals surface area contributed by atoms with Crippen LogP contribution in [0.15, 0.2) is 60.3 Å². The van der Waals surface area contributed by atoms with Crippen molar-refractivity contribution in [2.45, 2.75) is 39.2 Å². The van der Waals surface area contributed by atoms with Crippen LogP contribution in [0.4, 0.5) is 4.39 Å². The smallest absolute Gasteiger partial charge is 0.224 e. The number of hydrogen-bond acceptors (Lipinski definition) is 4. The minimum Gasteiger partial charge on any atom is -0.496 e. The van der Waals surface area contributed by atoms with E-state index < -0.39 is 0 Å². The molecule has 2 aromatic carbocycles. The molecule has 1 heterocycles. The van der Waals surface area contributed by atoms with Gasteiger partial charge in [0.15, 0.2) is 0 Å². The van der Waals surface area contributed by atoms with Crippen LogP contribution in [0.3, 0.4) is 0 Å². The zero-order chi connectivity index (χ0) is 24.2. The molecule has 3 aromatic rings. The van der Waals surface area contributed by atoms with Crippen molar-refractivity contribution in [1.82, 2.24) is 10.3 Å². The van der Waals surface area contributed by atoms with Gasteiger partial charge in [0.1, 0.15) is 17.3 Å². The van der Waals surface area contributed by atoms with E-state index in [2.05, 4.69) is 10.3 Å². The van der Waals surface area contributed by atoms with Crippen molar-refractivity contribution in [3.63, 3.8) is 0 Å². The lowest BCUT2D eigenvalue weighted by molar-refractivity contribution is -0.120. The zero-order valence-electron chi connectivity index (χ0n) is 19.9. The number of pyridine rings is 1. The zero-order valence-corrected chi connectivity index (χ0v) is 19.9. The summed E-state index contributed by atoms with van der Waals surface area (Å²) in [5, 5.41) is 2.93. The molecule has 1 aliphatic carbocycles. The molecule has 0 saturated heterocycles. The molecule has 0 fully saturated rings. The number of allylic oxidation sites excluding steroid dienone is 1. The van der Waals surface area contributed by atoms with Gasteiger partial charge in [-0.1, -0.05) is 17.7 Å². The quantitative estimate of drug-likeness (QED) is 0.491. The minimum atomic E-state index is -0.308. The van der Waals surface area contributed by atoms with E-state index in [0.717, 1.165) is 50.6 Å². The molecule has 1 atom stereocenters. The van der Waals surface area contributed by atoms with Crippen LogP contribution >= 0.6 is 0 Å². The summed E-state index contributed by atoms with van der Waals surface area (Å²) in [6.07, 6.45) is 2.58. The molecule has 1 unspecified atom stereocenters. The molecule has 0 bridgehead atoms. The first-order valence-electron chi connectivity index (χ1n) is 11.3. The van der Waals surface area contributed by atoms with Crippen LogP contribution in [0.1, 0.15) is 47.2 Å². The molecule has 6 heteroatoms. The standard InChI is InChI=1S/C28H29FN2O3/c1-17-23(11-19-12-26(33-3)18(2)27(13-19)34-4)22-9-8-20(29)14-25(22)24(17)15-28(32)31-16-21-7-5-6-10-30-21/h5-10,12-14,23H,11,15-16H2,1-4H3,(H,31,32). The van der Waals surface area contributed by atoms with Gasteiger partial charge in [-0.3, -0.25) is 9.78 Å². The van der Waals surface area contributed by atoms with Gasteiger partial charge in [-0.15, -0.1) is 0 Å². The highest BCUT2D eigenvalue weighted by Gasteiger charge is 2.30. The Morgan fingerprint density at radius 2 is 1.79 bits per heavy atom. The molecule has 0 aliphatic heterocycles. The van der Waals surface area contributed by atoms with Crippen LogP contribution in [-0.2, 0) is 17.8 Å². The predicted molar refractivity (Wildman–Crippen MR) is 130 cm³/mol. The van der Waals surface area contributed by atoms with Crippen molar-refractivity contribution in [3.05, 3.63) is 94.1 Å². The van der Waals surface area contributed by atoms with E-state index in [9.17, 15) is 9.18 Å². The number of aromatic nitrogens is 1. The lowest BCUT2D eigenvalue weighted by atomic mass is 9.89. The van der Waals surface area contributed by atoms with Crippen molar-refractivity contribution < 1.29 is 18.7 Å². The van der Waals surface area contributed by atoms with E-state index in [0.29, 0.717) is 13.0 Å². The molecule has 5 nitrogen and oxygen atoms in total.